The quantitative estimate of drug-likeness (QED) is 0.883. The number of rotatable bonds is 6. The predicted octanol–water partition coefficient (Wildman–Crippen LogP) is 3.36. The molecule has 4 nitrogen and oxygen atoms in total. The van der Waals surface area contributed by atoms with E-state index in [0.717, 1.165) is 23.2 Å². The molecule has 0 heterocycles. The molecule has 5 heteroatoms. The number of anilines is 1. The van der Waals surface area contributed by atoms with Crippen LogP contribution in [0, 0.1) is 6.92 Å². The van der Waals surface area contributed by atoms with Crippen LogP contribution in [-0.4, -0.2) is 20.1 Å². The number of carbonyl (C=O) groups excluding carboxylic acids is 1. The molecule has 0 atom stereocenters. The lowest BCUT2D eigenvalue weighted by Crippen LogP contribution is -2.18. The second-order valence-corrected chi connectivity index (χ2v) is 7.54. The Balaban J connectivity index is 2.01. The third-order valence-corrected chi connectivity index (χ3v) is 5.42. The summed E-state index contributed by atoms with van der Waals surface area (Å²) in [5, 5.41) is 2.81. The molecule has 0 spiro atoms. The van der Waals surface area contributed by atoms with Crippen LogP contribution < -0.4 is 5.32 Å². The van der Waals surface area contributed by atoms with Crippen LogP contribution in [0.15, 0.2) is 53.4 Å². The van der Waals surface area contributed by atoms with Crippen molar-refractivity contribution in [2.24, 2.45) is 0 Å². The molecule has 1 amide bonds. The maximum atomic E-state index is 12.2. The molecule has 0 saturated carbocycles. The Labute approximate surface area is 137 Å². The van der Waals surface area contributed by atoms with Gasteiger partial charge in [-0.1, -0.05) is 37.3 Å². The van der Waals surface area contributed by atoms with Gasteiger partial charge in [0.1, 0.15) is 0 Å². The number of amides is 1. The predicted molar refractivity (Wildman–Crippen MR) is 92.3 cm³/mol. The number of carbonyl (C=O) groups is 1. The third-order valence-electron chi connectivity index (χ3n) is 3.68. The van der Waals surface area contributed by atoms with Crippen molar-refractivity contribution in [2.75, 3.05) is 11.1 Å². The number of sulfone groups is 1. The zero-order valence-electron chi connectivity index (χ0n) is 13.4. The van der Waals surface area contributed by atoms with Gasteiger partial charge in [-0.2, -0.15) is 0 Å². The van der Waals surface area contributed by atoms with Crippen molar-refractivity contribution >= 4 is 21.4 Å². The van der Waals surface area contributed by atoms with Crippen molar-refractivity contribution in [1.29, 1.82) is 0 Å². The van der Waals surface area contributed by atoms with Crippen LogP contribution in [0.2, 0.25) is 0 Å². The molecule has 0 saturated heterocycles. The first-order valence-corrected chi connectivity index (χ1v) is 9.25. The molecule has 0 radical (unpaired) electrons. The topological polar surface area (TPSA) is 63.2 Å². The van der Waals surface area contributed by atoms with Crippen LogP contribution in [0.25, 0.3) is 0 Å². The van der Waals surface area contributed by atoms with Crippen LogP contribution in [0.4, 0.5) is 5.69 Å². The fraction of sp³-hybridized carbons (Fsp3) is 0.278. The molecule has 0 aromatic heterocycles. The standard InChI is InChI=1S/C18H21NO3S/c1-3-15-10-9-14(2)17(13-15)19-18(20)11-12-23(21,22)16-7-5-4-6-8-16/h4-10,13H,3,11-12H2,1-2H3,(H,19,20). The smallest absolute Gasteiger partial charge is 0.225 e. The molecule has 1 N–H and O–H groups in total. The first kappa shape index (κ1) is 17.2. The maximum Gasteiger partial charge on any atom is 0.225 e. The third kappa shape index (κ3) is 4.66. The molecule has 2 aromatic carbocycles. The minimum atomic E-state index is -3.43. The zero-order valence-corrected chi connectivity index (χ0v) is 14.2. The molecule has 0 unspecified atom stereocenters. The Hall–Kier alpha value is -2.14. The van der Waals surface area contributed by atoms with Crippen LogP contribution in [0.3, 0.4) is 0 Å². The van der Waals surface area contributed by atoms with Crippen LogP contribution in [0.5, 0.6) is 0 Å². The summed E-state index contributed by atoms with van der Waals surface area (Å²) in [5.74, 6) is -0.490. The maximum absolute atomic E-state index is 12.2. The van der Waals surface area contributed by atoms with E-state index in [9.17, 15) is 13.2 Å². The van der Waals surface area contributed by atoms with E-state index >= 15 is 0 Å². The second-order valence-electron chi connectivity index (χ2n) is 5.43. The lowest BCUT2D eigenvalue weighted by Gasteiger charge is -2.10. The molecular formula is C18H21NO3S. The van der Waals surface area contributed by atoms with Gasteiger partial charge in [0.05, 0.1) is 10.6 Å². The Bertz CT molecular complexity index is 783. The highest BCUT2D eigenvalue weighted by Gasteiger charge is 2.16. The van der Waals surface area contributed by atoms with Crippen LogP contribution in [-0.2, 0) is 21.1 Å². The summed E-state index contributed by atoms with van der Waals surface area (Å²) in [4.78, 5) is 12.3. The summed E-state index contributed by atoms with van der Waals surface area (Å²) >= 11 is 0. The lowest BCUT2D eigenvalue weighted by atomic mass is 10.1. The van der Waals surface area contributed by atoms with Gasteiger partial charge in [0, 0.05) is 12.1 Å². The first-order valence-electron chi connectivity index (χ1n) is 7.59. The molecule has 2 aromatic rings. The summed E-state index contributed by atoms with van der Waals surface area (Å²) in [5.41, 5.74) is 2.83. The minimum absolute atomic E-state index is 0.0625. The average molecular weight is 331 g/mol. The average Bonchev–Trinajstić information content (AvgIpc) is 2.56. The van der Waals surface area contributed by atoms with E-state index in [1.807, 2.05) is 32.0 Å². The van der Waals surface area contributed by atoms with E-state index in [4.69, 9.17) is 0 Å². The van der Waals surface area contributed by atoms with Gasteiger partial charge in [-0.3, -0.25) is 4.79 Å². The molecule has 0 bridgehead atoms. The van der Waals surface area contributed by atoms with E-state index in [0.29, 0.717) is 0 Å². The highest BCUT2D eigenvalue weighted by Crippen LogP contribution is 2.18. The highest BCUT2D eigenvalue weighted by molar-refractivity contribution is 7.91. The van der Waals surface area contributed by atoms with Crippen molar-refractivity contribution in [3.63, 3.8) is 0 Å². The summed E-state index contributed by atoms with van der Waals surface area (Å²) in [6.07, 6.45) is 0.818. The zero-order chi connectivity index (χ0) is 16.9. The van der Waals surface area contributed by atoms with Gasteiger partial charge >= 0.3 is 0 Å². The molecule has 0 fully saturated rings. The van der Waals surface area contributed by atoms with Gasteiger partial charge in [-0.25, -0.2) is 8.42 Å². The number of benzene rings is 2. The fourth-order valence-electron chi connectivity index (χ4n) is 2.21. The van der Waals surface area contributed by atoms with Gasteiger partial charge < -0.3 is 5.32 Å². The van der Waals surface area contributed by atoms with E-state index in [1.54, 1.807) is 30.3 Å². The Kier molecular flexibility index (Phi) is 5.55. The van der Waals surface area contributed by atoms with Gasteiger partial charge in [0.25, 0.3) is 0 Å². The van der Waals surface area contributed by atoms with Gasteiger partial charge in [0.2, 0.25) is 5.91 Å². The molecule has 23 heavy (non-hydrogen) atoms. The summed E-state index contributed by atoms with van der Waals surface area (Å²) in [6.45, 7) is 3.96. The van der Waals surface area contributed by atoms with Crippen molar-refractivity contribution < 1.29 is 13.2 Å². The minimum Gasteiger partial charge on any atom is -0.326 e. The van der Waals surface area contributed by atoms with Gasteiger partial charge in [-0.15, -0.1) is 0 Å². The molecule has 2 rings (SSSR count). The van der Waals surface area contributed by atoms with Crippen LogP contribution >= 0.6 is 0 Å². The van der Waals surface area contributed by atoms with E-state index in [2.05, 4.69) is 5.32 Å². The van der Waals surface area contributed by atoms with E-state index in [1.165, 1.54) is 0 Å². The normalized spacial score (nSPS) is 11.2. The molecule has 0 aliphatic carbocycles. The Morgan fingerprint density at radius 1 is 1.09 bits per heavy atom. The van der Waals surface area contributed by atoms with Crippen molar-refractivity contribution in [3.05, 3.63) is 59.7 Å². The fourth-order valence-corrected chi connectivity index (χ4v) is 3.47. The van der Waals surface area contributed by atoms with E-state index in [-0.39, 0.29) is 23.0 Å². The monoisotopic (exact) mass is 331 g/mol. The van der Waals surface area contributed by atoms with Gasteiger partial charge in [0.15, 0.2) is 9.84 Å². The molecule has 0 aliphatic rings. The summed E-state index contributed by atoms with van der Waals surface area (Å²) < 4.78 is 24.4. The van der Waals surface area contributed by atoms with E-state index < -0.39 is 9.84 Å². The highest BCUT2D eigenvalue weighted by atomic mass is 32.2. The first-order chi connectivity index (χ1) is 10.9. The Morgan fingerprint density at radius 2 is 1.78 bits per heavy atom. The number of aryl methyl sites for hydroxylation is 2. The molecule has 0 aliphatic heterocycles. The summed E-state index contributed by atoms with van der Waals surface area (Å²) in [7, 11) is -3.43. The molecule has 122 valence electrons. The van der Waals surface area contributed by atoms with Crippen molar-refractivity contribution in [1.82, 2.24) is 0 Å². The second kappa shape index (κ2) is 7.42. The van der Waals surface area contributed by atoms with Crippen molar-refractivity contribution in [3.8, 4) is 0 Å². The Morgan fingerprint density at radius 3 is 2.43 bits per heavy atom. The number of hydrogen-bond donors (Lipinski definition) is 1. The summed E-state index contributed by atoms with van der Waals surface area (Å²) in [6, 6.07) is 14.1. The number of hydrogen-bond acceptors (Lipinski definition) is 3. The van der Waals surface area contributed by atoms with Gasteiger partial charge in [-0.05, 0) is 42.7 Å². The molecular weight excluding hydrogens is 310 g/mol. The lowest BCUT2D eigenvalue weighted by molar-refractivity contribution is -0.115. The van der Waals surface area contributed by atoms with Crippen LogP contribution in [0.1, 0.15) is 24.5 Å². The largest absolute Gasteiger partial charge is 0.326 e. The number of nitrogens with one attached hydrogen (secondary N) is 1. The van der Waals surface area contributed by atoms with Crippen molar-refractivity contribution in [2.45, 2.75) is 31.6 Å². The SMILES string of the molecule is CCc1ccc(C)c(NC(=O)CCS(=O)(=O)c2ccccc2)c1.